The molecule has 2 atom stereocenters. The third-order valence-corrected chi connectivity index (χ3v) is 2.24. The first kappa shape index (κ1) is 13.9. The fourth-order valence-electron chi connectivity index (χ4n) is 1.17. The van der Waals surface area contributed by atoms with Crippen LogP contribution in [0.5, 0.6) is 0 Å². The smallest absolute Gasteiger partial charge is 0.321 e. The van der Waals surface area contributed by atoms with Crippen LogP contribution in [-0.4, -0.2) is 23.1 Å². The van der Waals surface area contributed by atoms with Gasteiger partial charge in [0.1, 0.15) is 0 Å². The van der Waals surface area contributed by atoms with Crippen molar-refractivity contribution in [3.8, 4) is 0 Å². The Morgan fingerprint density at radius 1 is 1.33 bits per heavy atom. The van der Waals surface area contributed by atoms with E-state index in [4.69, 9.17) is 9.84 Å². The summed E-state index contributed by atoms with van der Waals surface area (Å²) < 4.78 is 5.03. The highest BCUT2D eigenvalue weighted by molar-refractivity contribution is 5.94. The van der Waals surface area contributed by atoms with Gasteiger partial charge in [0, 0.05) is 0 Å². The van der Waals surface area contributed by atoms with E-state index in [9.17, 15) is 9.59 Å². The molecule has 0 aliphatic heterocycles. The number of hydrogen-bond acceptors (Lipinski definition) is 3. The predicted octanol–water partition coefficient (Wildman–Crippen LogP) is 2.08. The van der Waals surface area contributed by atoms with Crippen molar-refractivity contribution in [2.24, 2.45) is 11.3 Å². The van der Waals surface area contributed by atoms with Gasteiger partial charge in [0.2, 0.25) is 0 Å². The van der Waals surface area contributed by atoms with Gasteiger partial charge in [-0.25, -0.2) is 0 Å². The molecule has 0 fully saturated rings. The molecule has 0 amide bonds. The van der Waals surface area contributed by atoms with Crippen LogP contribution in [-0.2, 0) is 14.3 Å². The lowest BCUT2D eigenvalue weighted by molar-refractivity contribution is -0.167. The van der Waals surface area contributed by atoms with E-state index in [0.717, 1.165) is 0 Å². The number of ether oxygens (including phenoxy) is 1. The molecule has 0 aliphatic rings. The van der Waals surface area contributed by atoms with Gasteiger partial charge < -0.3 is 9.84 Å². The Balaban J connectivity index is 4.66. The number of hydrogen-bond donors (Lipinski definition) is 1. The normalized spacial score (nSPS) is 15.5. The highest BCUT2D eigenvalue weighted by atomic mass is 16.5. The zero-order valence-corrected chi connectivity index (χ0v) is 10.0. The van der Waals surface area contributed by atoms with Crippen molar-refractivity contribution in [3.05, 3.63) is 0 Å². The molecule has 0 bridgehead atoms. The molecule has 0 rings (SSSR count). The van der Waals surface area contributed by atoms with Gasteiger partial charge in [-0.1, -0.05) is 27.7 Å². The highest BCUT2D eigenvalue weighted by Gasteiger charge is 2.39. The van der Waals surface area contributed by atoms with Crippen LogP contribution in [0.3, 0.4) is 0 Å². The van der Waals surface area contributed by atoms with E-state index < -0.39 is 23.3 Å². The van der Waals surface area contributed by atoms with E-state index in [-0.39, 0.29) is 6.10 Å². The van der Waals surface area contributed by atoms with Crippen LogP contribution in [0.25, 0.3) is 0 Å². The molecule has 0 aliphatic carbocycles. The van der Waals surface area contributed by atoms with Gasteiger partial charge in [-0.15, -0.1) is 0 Å². The van der Waals surface area contributed by atoms with E-state index in [1.165, 1.54) is 0 Å². The Labute approximate surface area is 90.6 Å². The summed E-state index contributed by atoms with van der Waals surface area (Å²) in [6, 6.07) is 0. The molecular formula is C11H20O4. The molecule has 88 valence electrons. The monoisotopic (exact) mass is 216 g/mol. The van der Waals surface area contributed by atoms with Crippen molar-refractivity contribution in [1.29, 1.82) is 0 Å². The van der Waals surface area contributed by atoms with Crippen LogP contribution in [0.15, 0.2) is 0 Å². The first-order chi connectivity index (χ1) is 6.70. The van der Waals surface area contributed by atoms with Crippen LogP contribution in [0, 0.1) is 11.3 Å². The number of carboxylic acid groups (broad SMARTS) is 1. The molecule has 0 aromatic carbocycles. The summed E-state index contributed by atoms with van der Waals surface area (Å²) in [4.78, 5) is 22.6. The lowest BCUT2D eigenvalue weighted by Crippen LogP contribution is -2.38. The van der Waals surface area contributed by atoms with Gasteiger partial charge in [0.25, 0.3) is 0 Å². The van der Waals surface area contributed by atoms with Crippen molar-refractivity contribution in [1.82, 2.24) is 0 Å². The van der Waals surface area contributed by atoms with Gasteiger partial charge in [0.15, 0.2) is 5.92 Å². The van der Waals surface area contributed by atoms with Crippen molar-refractivity contribution in [2.75, 3.05) is 0 Å². The number of rotatable bonds is 4. The van der Waals surface area contributed by atoms with Crippen LogP contribution in [0.2, 0.25) is 0 Å². The molecular weight excluding hydrogens is 196 g/mol. The zero-order valence-electron chi connectivity index (χ0n) is 10.0. The van der Waals surface area contributed by atoms with Gasteiger partial charge >= 0.3 is 11.9 Å². The van der Waals surface area contributed by atoms with E-state index in [0.29, 0.717) is 6.42 Å². The number of carbonyl (C=O) groups excluding carboxylic acids is 1. The van der Waals surface area contributed by atoms with Crippen molar-refractivity contribution < 1.29 is 19.4 Å². The molecule has 0 heterocycles. The Kier molecular flexibility index (Phi) is 4.78. The summed E-state index contributed by atoms with van der Waals surface area (Å²) in [6.45, 7) is 8.77. The minimum atomic E-state index is -1.13. The number of esters is 1. The van der Waals surface area contributed by atoms with Gasteiger partial charge in [-0.3, -0.25) is 9.59 Å². The van der Waals surface area contributed by atoms with Crippen LogP contribution in [0.4, 0.5) is 0 Å². The summed E-state index contributed by atoms with van der Waals surface area (Å²) in [6.07, 6.45) is 0.448. The fraction of sp³-hybridized carbons (Fsp3) is 0.818. The Bertz CT molecular complexity index is 239. The minimum absolute atomic E-state index is 0.235. The summed E-state index contributed by atoms with van der Waals surface area (Å²) in [5, 5.41) is 8.96. The Hall–Kier alpha value is -1.06. The lowest BCUT2D eigenvalue weighted by Gasteiger charge is -2.26. The van der Waals surface area contributed by atoms with E-state index in [2.05, 4.69) is 0 Å². The zero-order chi connectivity index (χ0) is 12.2. The topological polar surface area (TPSA) is 63.6 Å². The molecule has 15 heavy (non-hydrogen) atoms. The number of carboxylic acids is 1. The summed E-state index contributed by atoms with van der Waals surface area (Å²) >= 11 is 0. The maximum atomic E-state index is 11.6. The molecule has 4 heteroatoms. The van der Waals surface area contributed by atoms with Gasteiger partial charge in [0.05, 0.1) is 6.10 Å². The molecule has 0 saturated carbocycles. The van der Waals surface area contributed by atoms with Crippen LogP contribution >= 0.6 is 0 Å². The van der Waals surface area contributed by atoms with Crippen LogP contribution in [0.1, 0.15) is 41.0 Å². The number of aliphatic carboxylic acids is 1. The molecule has 0 aromatic rings. The van der Waals surface area contributed by atoms with E-state index in [1.54, 1.807) is 27.7 Å². The van der Waals surface area contributed by atoms with Crippen LogP contribution < -0.4 is 0 Å². The lowest BCUT2D eigenvalue weighted by atomic mass is 9.81. The van der Waals surface area contributed by atoms with Crippen molar-refractivity contribution in [2.45, 2.75) is 47.1 Å². The average Bonchev–Trinajstić information content (AvgIpc) is 1.99. The molecule has 4 nitrogen and oxygen atoms in total. The van der Waals surface area contributed by atoms with Gasteiger partial charge in [-0.2, -0.15) is 0 Å². The maximum absolute atomic E-state index is 11.6. The molecule has 2 unspecified atom stereocenters. The summed E-state index contributed by atoms with van der Waals surface area (Å²) in [5.41, 5.74) is -0.629. The SMILES string of the molecule is CCC(C)OC(=O)C(C(=O)O)C(C)(C)C. The minimum Gasteiger partial charge on any atom is -0.481 e. The Morgan fingerprint density at radius 2 is 1.80 bits per heavy atom. The highest BCUT2D eigenvalue weighted by Crippen LogP contribution is 2.27. The average molecular weight is 216 g/mol. The maximum Gasteiger partial charge on any atom is 0.321 e. The Morgan fingerprint density at radius 3 is 2.07 bits per heavy atom. The second-order valence-corrected chi connectivity index (χ2v) is 4.79. The fourth-order valence-corrected chi connectivity index (χ4v) is 1.17. The third-order valence-electron chi connectivity index (χ3n) is 2.24. The molecule has 0 aromatic heterocycles. The largest absolute Gasteiger partial charge is 0.481 e. The predicted molar refractivity (Wildman–Crippen MR) is 56.4 cm³/mol. The number of carbonyl (C=O) groups is 2. The molecule has 0 spiro atoms. The summed E-state index contributed by atoms with van der Waals surface area (Å²) in [5.74, 6) is -2.88. The van der Waals surface area contributed by atoms with Crippen molar-refractivity contribution in [3.63, 3.8) is 0 Å². The second kappa shape index (κ2) is 5.14. The van der Waals surface area contributed by atoms with E-state index in [1.807, 2.05) is 6.92 Å². The van der Waals surface area contributed by atoms with Crippen molar-refractivity contribution >= 4 is 11.9 Å². The third kappa shape index (κ3) is 4.32. The first-order valence-corrected chi connectivity index (χ1v) is 5.13. The first-order valence-electron chi connectivity index (χ1n) is 5.13. The standard InChI is InChI=1S/C11H20O4/c1-6-7(2)15-10(14)8(9(12)13)11(3,4)5/h7-8H,6H2,1-5H3,(H,12,13). The van der Waals surface area contributed by atoms with E-state index >= 15 is 0 Å². The molecule has 0 radical (unpaired) electrons. The second-order valence-electron chi connectivity index (χ2n) is 4.79. The molecule has 0 saturated heterocycles. The quantitative estimate of drug-likeness (QED) is 0.577. The van der Waals surface area contributed by atoms with Gasteiger partial charge in [-0.05, 0) is 18.8 Å². The molecule has 1 N–H and O–H groups in total. The summed E-state index contributed by atoms with van der Waals surface area (Å²) in [7, 11) is 0.